The number of halogens is 2. The maximum absolute atomic E-state index is 14.1. The maximum Gasteiger partial charge on any atom is 0.308 e. The molecule has 0 radical (unpaired) electrons. The molecule has 3 rings (SSSR count). The van der Waals surface area contributed by atoms with E-state index in [1.165, 1.54) is 31.7 Å². The lowest BCUT2D eigenvalue weighted by atomic mass is 9.94. The first kappa shape index (κ1) is 23.4. The predicted octanol–water partition coefficient (Wildman–Crippen LogP) is 4.21. The van der Waals surface area contributed by atoms with E-state index in [4.69, 9.17) is 20.8 Å². The molecule has 1 heterocycles. The van der Waals surface area contributed by atoms with E-state index in [0.29, 0.717) is 22.6 Å². The number of carboxylic acid groups (broad SMARTS) is 1. The van der Waals surface area contributed by atoms with Crippen LogP contribution < -0.4 is 5.32 Å². The molecule has 9 heteroatoms. The van der Waals surface area contributed by atoms with Gasteiger partial charge in [0, 0.05) is 23.7 Å². The quantitative estimate of drug-likeness (QED) is 0.470. The fourth-order valence-electron chi connectivity index (χ4n) is 3.38. The number of nitrogens with one attached hydrogen (secondary N) is 1. The SMILES string of the molecule is COC[C@H](C[C@@H](Cc1ccc(-c2cc(Cl)ccc2F)cc1)NC(=O)c1ncco1)C(=O)O. The second-order valence-electron chi connectivity index (χ2n) is 7.26. The first-order chi connectivity index (χ1) is 15.4. The Hall–Kier alpha value is -3.23. The number of aliphatic carboxylic acids is 1. The van der Waals surface area contributed by atoms with Crippen LogP contribution in [-0.4, -0.2) is 41.7 Å². The summed E-state index contributed by atoms with van der Waals surface area (Å²) in [6.07, 6.45) is 3.11. The van der Waals surface area contributed by atoms with Crippen molar-refractivity contribution in [3.8, 4) is 11.1 Å². The third kappa shape index (κ3) is 6.15. The summed E-state index contributed by atoms with van der Waals surface area (Å²) in [4.78, 5) is 27.8. The monoisotopic (exact) mass is 460 g/mol. The van der Waals surface area contributed by atoms with Crippen molar-refractivity contribution in [1.29, 1.82) is 0 Å². The highest BCUT2D eigenvalue weighted by Crippen LogP contribution is 2.26. The Morgan fingerprint density at radius 1 is 1.25 bits per heavy atom. The summed E-state index contributed by atoms with van der Waals surface area (Å²) in [5.74, 6) is -2.87. The van der Waals surface area contributed by atoms with Gasteiger partial charge in [-0.2, -0.15) is 0 Å². The lowest BCUT2D eigenvalue weighted by Gasteiger charge is -2.22. The summed E-state index contributed by atoms with van der Waals surface area (Å²) in [7, 11) is 1.42. The zero-order chi connectivity index (χ0) is 23.1. The third-order valence-corrected chi connectivity index (χ3v) is 5.16. The van der Waals surface area contributed by atoms with Crippen molar-refractivity contribution in [1.82, 2.24) is 10.3 Å². The van der Waals surface area contributed by atoms with Crippen LogP contribution >= 0.6 is 11.6 Å². The molecule has 32 heavy (non-hydrogen) atoms. The number of hydrogen-bond acceptors (Lipinski definition) is 5. The molecular weight excluding hydrogens is 439 g/mol. The van der Waals surface area contributed by atoms with Gasteiger partial charge in [-0.15, -0.1) is 0 Å². The highest BCUT2D eigenvalue weighted by atomic mass is 35.5. The Bertz CT molecular complexity index is 1060. The van der Waals surface area contributed by atoms with Crippen LogP contribution in [0.4, 0.5) is 4.39 Å². The van der Waals surface area contributed by atoms with Gasteiger partial charge in [-0.1, -0.05) is 35.9 Å². The molecule has 1 amide bonds. The van der Waals surface area contributed by atoms with E-state index in [-0.39, 0.29) is 24.7 Å². The van der Waals surface area contributed by atoms with Crippen molar-refractivity contribution in [3.63, 3.8) is 0 Å². The van der Waals surface area contributed by atoms with Crippen molar-refractivity contribution < 1.29 is 28.2 Å². The molecule has 168 valence electrons. The molecule has 2 atom stereocenters. The van der Waals surface area contributed by atoms with Crippen LogP contribution in [0.2, 0.25) is 5.02 Å². The lowest BCUT2D eigenvalue weighted by Crippen LogP contribution is -2.40. The van der Waals surface area contributed by atoms with E-state index in [9.17, 15) is 19.1 Å². The minimum Gasteiger partial charge on any atom is -0.481 e. The van der Waals surface area contributed by atoms with Crippen molar-refractivity contribution >= 4 is 23.5 Å². The normalized spacial score (nSPS) is 12.8. The molecule has 0 aliphatic rings. The first-order valence-electron chi connectivity index (χ1n) is 9.84. The van der Waals surface area contributed by atoms with Crippen LogP contribution in [0, 0.1) is 11.7 Å². The molecule has 0 spiro atoms. The number of carbonyl (C=O) groups is 2. The lowest BCUT2D eigenvalue weighted by molar-refractivity contribution is -0.144. The summed E-state index contributed by atoms with van der Waals surface area (Å²) in [6.45, 7) is 0.00763. The van der Waals surface area contributed by atoms with Crippen molar-refractivity contribution in [2.75, 3.05) is 13.7 Å². The molecule has 0 aliphatic carbocycles. The molecule has 0 unspecified atom stereocenters. The van der Waals surface area contributed by atoms with E-state index in [2.05, 4.69) is 10.3 Å². The van der Waals surface area contributed by atoms with Gasteiger partial charge in [-0.05, 0) is 42.2 Å². The molecule has 2 aromatic carbocycles. The number of carboxylic acids is 1. The summed E-state index contributed by atoms with van der Waals surface area (Å²) in [5.41, 5.74) is 1.86. The Morgan fingerprint density at radius 3 is 2.62 bits per heavy atom. The van der Waals surface area contributed by atoms with Crippen molar-refractivity contribution in [2.24, 2.45) is 5.92 Å². The van der Waals surface area contributed by atoms with Gasteiger partial charge in [0.2, 0.25) is 0 Å². The second-order valence-corrected chi connectivity index (χ2v) is 7.70. The fraction of sp³-hybridized carbons (Fsp3) is 0.261. The van der Waals surface area contributed by atoms with Gasteiger partial charge in [0.1, 0.15) is 12.1 Å². The fourth-order valence-corrected chi connectivity index (χ4v) is 3.56. The van der Waals surface area contributed by atoms with Crippen LogP contribution in [0.3, 0.4) is 0 Å². The number of methoxy groups -OCH3 is 1. The Kier molecular flexibility index (Phi) is 7.97. The van der Waals surface area contributed by atoms with Crippen LogP contribution in [0.1, 0.15) is 22.7 Å². The van der Waals surface area contributed by atoms with Gasteiger partial charge in [0.05, 0.1) is 18.7 Å². The van der Waals surface area contributed by atoms with Crippen LogP contribution in [0.15, 0.2) is 59.3 Å². The number of ether oxygens (including phenoxy) is 1. The van der Waals surface area contributed by atoms with Crippen LogP contribution in [-0.2, 0) is 16.0 Å². The highest BCUT2D eigenvalue weighted by molar-refractivity contribution is 6.30. The molecule has 0 aliphatic heterocycles. The van der Waals surface area contributed by atoms with Crippen LogP contribution in [0.25, 0.3) is 11.1 Å². The van der Waals surface area contributed by atoms with Gasteiger partial charge >= 0.3 is 11.9 Å². The predicted molar refractivity (Wildman–Crippen MR) is 116 cm³/mol. The zero-order valence-electron chi connectivity index (χ0n) is 17.3. The highest BCUT2D eigenvalue weighted by Gasteiger charge is 2.25. The van der Waals surface area contributed by atoms with Gasteiger partial charge in [0.15, 0.2) is 0 Å². The van der Waals surface area contributed by atoms with E-state index in [1.54, 1.807) is 30.3 Å². The van der Waals surface area contributed by atoms with Gasteiger partial charge in [-0.25, -0.2) is 9.37 Å². The minimum absolute atomic E-state index is 0.00763. The Balaban J connectivity index is 1.79. The molecular formula is C23H22ClFN2O5. The average molecular weight is 461 g/mol. The maximum atomic E-state index is 14.1. The number of benzene rings is 2. The van der Waals surface area contributed by atoms with E-state index >= 15 is 0 Å². The first-order valence-corrected chi connectivity index (χ1v) is 10.2. The number of rotatable bonds is 10. The molecule has 2 N–H and O–H groups in total. The molecule has 0 bridgehead atoms. The largest absolute Gasteiger partial charge is 0.481 e. The summed E-state index contributed by atoms with van der Waals surface area (Å²) >= 11 is 5.98. The smallest absolute Gasteiger partial charge is 0.308 e. The summed E-state index contributed by atoms with van der Waals surface area (Å²) in [6, 6.07) is 10.9. The van der Waals surface area contributed by atoms with Crippen molar-refractivity contribution in [3.05, 3.63) is 77.2 Å². The van der Waals surface area contributed by atoms with Crippen LogP contribution in [0.5, 0.6) is 0 Å². The van der Waals surface area contributed by atoms with E-state index in [0.717, 1.165) is 5.56 Å². The number of hydrogen-bond donors (Lipinski definition) is 2. The van der Waals surface area contributed by atoms with Gasteiger partial charge in [0.25, 0.3) is 5.89 Å². The minimum atomic E-state index is -1.02. The molecule has 0 saturated heterocycles. The Morgan fingerprint density at radius 2 is 2.00 bits per heavy atom. The number of oxazole rings is 1. The molecule has 1 aromatic heterocycles. The molecule has 0 saturated carbocycles. The van der Waals surface area contributed by atoms with Gasteiger partial charge < -0.3 is 19.6 Å². The zero-order valence-corrected chi connectivity index (χ0v) is 18.0. The standard InChI is InChI=1S/C23H22ClFN2O5/c1-31-13-16(23(29)30)11-18(27-21(28)22-26-8-9-32-22)10-14-2-4-15(5-3-14)19-12-17(24)6-7-20(19)25/h2-9,12,16,18H,10-11,13H2,1H3,(H,27,28)(H,29,30)/t16-,18+/m0/s1. The number of aromatic nitrogens is 1. The average Bonchev–Trinajstić information content (AvgIpc) is 3.31. The molecule has 7 nitrogen and oxygen atoms in total. The summed E-state index contributed by atoms with van der Waals surface area (Å²) in [5, 5.41) is 12.7. The number of carbonyl (C=O) groups excluding carboxylic acids is 1. The molecule has 3 aromatic rings. The number of amides is 1. The topological polar surface area (TPSA) is 102 Å². The van der Waals surface area contributed by atoms with E-state index in [1.807, 2.05) is 0 Å². The third-order valence-electron chi connectivity index (χ3n) is 4.92. The summed E-state index contributed by atoms with van der Waals surface area (Å²) < 4.78 is 24.2. The molecule has 0 fully saturated rings. The second kappa shape index (κ2) is 10.9. The Labute approximate surface area is 189 Å². The number of nitrogens with zero attached hydrogens (tertiary/aromatic N) is 1. The van der Waals surface area contributed by atoms with Crippen molar-refractivity contribution in [2.45, 2.75) is 18.9 Å². The van der Waals surface area contributed by atoms with E-state index < -0.39 is 23.8 Å². The van der Waals surface area contributed by atoms with Gasteiger partial charge in [-0.3, -0.25) is 9.59 Å².